The first-order chi connectivity index (χ1) is 8.00. The molecule has 1 aromatic rings. The SMILES string of the molecule is FC(F)(F)c1cccc(C2CCCNC2)c1Br. The molecular weight excluding hydrogens is 295 g/mol. The van der Waals surface area contributed by atoms with Gasteiger partial charge in [0.25, 0.3) is 0 Å². The van der Waals surface area contributed by atoms with E-state index < -0.39 is 11.7 Å². The summed E-state index contributed by atoms with van der Waals surface area (Å²) in [5.41, 5.74) is 0.174. The van der Waals surface area contributed by atoms with E-state index in [2.05, 4.69) is 21.2 Å². The fourth-order valence-electron chi connectivity index (χ4n) is 2.20. The maximum atomic E-state index is 12.8. The Kier molecular flexibility index (Phi) is 3.78. The Morgan fingerprint density at radius 2 is 2.06 bits per heavy atom. The Labute approximate surface area is 107 Å². The normalized spacial score (nSPS) is 21.5. The molecule has 1 aromatic carbocycles. The van der Waals surface area contributed by atoms with Gasteiger partial charge in [-0.3, -0.25) is 0 Å². The van der Waals surface area contributed by atoms with Crippen molar-refractivity contribution in [3.05, 3.63) is 33.8 Å². The van der Waals surface area contributed by atoms with Crippen molar-refractivity contribution in [2.45, 2.75) is 24.9 Å². The minimum Gasteiger partial charge on any atom is -0.316 e. The average molecular weight is 308 g/mol. The lowest BCUT2D eigenvalue weighted by Gasteiger charge is -2.25. The van der Waals surface area contributed by atoms with Crippen LogP contribution in [-0.4, -0.2) is 13.1 Å². The van der Waals surface area contributed by atoms with Crippen LogP contribution in [0.4, 0.5) is 13.2 Å². The van der Waals surface area contributed by atoms with E-state index >= 15 is 0 Å². The van der Waals surface area contributed by atoms with Crippen LogP contribution in [0.2, 0.25) is 0 Å². The molecule has 94 valence electrons. The zero-order valence-corrected chi connectivity index (χ0v) is 10.7. The molecule has 1 fully saturated rings. The molecule has 0 bridgehead atoms. The lowest BCUT2D eigenvalue weighted by atomic mass is 9.90. The van der Waals surface area contributed by atoms with E-state index in [1.165, 1.54) is 6.07 Å². The first-order valence-corrected chi connectivity index (χ1v) is 6.36. The third-order valence-corrected chi connectivity index (χ3v) is 3.96. The number of alkyl halides is 3. The maximum absolute atomic E-state index is 12.8. The number of rotatable bonds is 1. The Morgan fingerprint density at radius 1 is 1.29 bits per heavy atom. The van der Waals surface area contributed by atoms with Crippen LogP contribution in [0.5, 0.6) is 0 Å². The van der Waals surface area contributed by atoms with Gasteiger partial charge in [-0.05, 0) is 52.9 Å². The molecular formula is C12H13BrF3N. The fourth-order valence-corrected chi connectivity index (χ4v) is 3.01. The van der Waals surface area contributed by atoms with E-state index in [-0.39, 0.29) is 10.4 Å². The molecule has 1 aliphatic heterocycles. The van der Waals surface area contributed by atoms with Crippen molar-refractivity contribution in [3.8, 4) is 0 Å². The monoisotopic (exact) mass is 307 g/mol. The standard InChI is InChI=1S/C12H13BrF3N/c13-11-9(8-3-2-6-17-7-8)4-1-5-10(11)12(14,15)16/h1,4-5,8,17H,2-3,6-7H2. The van der Waals surface area contributed by atoms with Gasteiger partial charge in [0.05, 0.1) is 5.56 Å². The van der Waals surface area contributed by atoms with Gasteiger partial charge in [-0.15, -0.1) is 0 Å². The molecule has 5 heteroatoms. The molecule has 1 aliphatic rings. The number of hydrogen-bond donors (Lipinski definition) is 1. The molecule has 1 unspecified atom stereocenters. The van der Waals surface area contributed by atoms with E-state index in [4.69, 9.17) is 0 Å². The number of nitrogens with one attached hydrogen (secondary N) is 1. The fraction of sp³-hybridized carbons (Fsp3) is 0.500. The van der Waals surface area contributed by atoms with Gasteiger partial charge in [-0.1, -0.05) is 12.1 Å². The smallest absolute Gasteiger partial charge is 0.316 e. The van der Waals surface area contributed by atoms with Crippen molar-refractivity contribution in [2.75, 3.05) is 13.1 Å². The van der Waals surface area contributed by atoms with E-state index in [1.807, 2.05) is 0 Å². The van der Waals surface area contributed by atoms with Crippen LogP contribution >= 0.6 is 15.9 Å². The lowest BCUT2D eigenvalue weighted by Crippen LogP contribution is -2.28. The Morgan fingerprint density at radius 3 is 2.65 bits per heavy atom. The minimum atomic E-state index is -4.29. The van der Waals surface area contributed by atoms with Gasteiger partial charge in [-0.25, -0.2) is 0 Å². The van der Waals surface area contributed by atoms with Crippen LogP contribution in [0.15, 0.2) is 22.7 Å². The van der Waals surface area contributed by atoms with Gasteiger partial charge in [0.15, 0.2) is 0 Å². The molecule has 0 amide bonds. The zero-order valence-electron chi connectivity index (χ0n) is 9.15. The summed E-state index contributed by atoms with van der Waals surface area (Å²) in [5.74, 6) is 0.167. The third-order valence-electron chi connectivity index (χ3n) is 3.07. The highest BCUT2D eigenvalue weighted by Gasteiger charge is 2.34. The molecule has 1 saturated heterocycles. The predicted molar refractivity (Wildman–Crippen MR) is 64.0 cm³/mol. The maximum Gasteiger partial charge on any atom is 0.417 e. The predicted octanol–water partition coefficient (Wildman–Crippen LogP) is 3.93. The summed E-state index contributed by atoms with van der Waals surface area (Å²) in [6, 6.07) is 4.37. The molecule has 17 heavy (non-hydrogen) atoms. The highest BCUT2D eigenvalue weighted by atomic mass is 79.9. The van der Waals surface area contributed by atoms with Gasteiger partial charge in [0, 0.05) is 11.0 Å². The molecule has 0 aromatic heterocycles. The quantitative estimate of drug-likeness (QED) is 0.829. The van der Waals surface area contributed by atoms with Crippen molar-refractivity contribution < 1.29 is 13.2 Å². The molecule has 1 atom stereocenters. The highest BCUT2D eigenvalue weighted by Crippen LogP contribution is 2.39. The number of hydrogen-bond acceptors (Lipinski definition) is 1. The van der Waals surface area contributed by atoms with E-state index in [0.29, 0.717) is 0 Å². The lowest BCUT2D eigenvalue weighted by molar-refractivity contribution is -0.138. The first-order valence-electron chi connectivity index (χ1n) is 5.56. The number of piperidine rings is 1. The van der Waals surface area contributed by atoms with Gasteiger partial charge in [0.2, 0.25) is 0 Å². The van der Waals surface area contributed by atoms with E-state index in [1.54, 1.807) is 6.07 Å². The molecule has 2 rings (SSSR count). The zero-order chi connectivity index (χ0) is 12.5. The largest absolute Gasteiger partial charge is 0.417 e. The van der Waals surface area contributed by atoms with Crippen molar-refractivity contribution in [1.82, 2.24) is 5.32 Å². The van der Waals surface area contributed by atoms with E-state index in [0.717, 1.165) is 37.6 Å². The number of benzene rings is 1. The molecule has 0 saturated carbocycles. The van der Waals surface area contributed by atoms with Crippen LogP contribution in [-0.2, 0) is 6.18 Å². The van der Waals surface area contributed by atoms with Crippen molar-refractivity contribution in [3.63, 3.8) is 0 Å². The van der Waals surface area contributed by atoms with Gasteiger partial charge >= 0.3 is 6.18 Å². The van der Waals surface area contributed by atoms with Crippen molar-refractivity contribution in [2.24, 2.45) is 0 Å². The van der Waals surface area contributed by atoms with Crippen LogP contribution in [0, 0.1) is 0 Å². The first kappa shape index (κ1) is 12.9. The summed E-state index contributed by atoms with van der Waals surface area (Å²) in [7, 11) is 0. The summed E-state index contributed by atoms with van der Waals surface area (Å²) >= 11 is 3.10. The average Bonchev–Trinajstić information content (AvgIpc) is 2.29. The van der Waals surface area contributed by atoms with Crippen LogP contribution in [0.3, 0.4) is 0 Å². The Hall–Kier alpha value is -0.550. The summed E-state index contributed by atoms with van der Waals surface area (Å²) in [6.45, 7) is 1.70. The molecule has 1 N–H and O–H groups in total. The molecule has 1 heterocycles. The van der Waals surface area contributed by atoms with Crippen LogP contribution in [0.1, 0.15) is 29.9 Å². The van der Waals surface area contributed by atoms with Gasteiger partial charge in [-0.2, -0.15) is 13.2 Å². The molecule has 0 aliphatic carbocycles. The second-order valence-corrected chi connectivity index (χ2v) is 5.04. The van der Waals surface area contributed by atoms with Gasteiger partial charge < -0.3 is 5.32 Å². The second kappa shape index (κ2) is 4.98. The van der Waals surface area contributed by atoms with Crippen LogP contribution < -0.4 is 5.32 Å². The van der Waals surface area contributed by atoms with Gasteiger partial charge in [0.1, 0.15) is 0 Å². The van der Waals surface area contributed by atoms with Crippen molar-refractivity contribution >= 4 is 15.9 Å². The molecule has 0 radical (unpaired) electrons. The second-order valence-electron chi connectivity index (χ2n) is 4.25. The summed E-state index contributed by atoms with van der Waals surface area (Å²) in [5, 5.41) is 3.22. The highest BCUT2D eigenvalue weighted by molar-refractivity contribution is 9.10. The Balaban J connectivity index is 2.35. The summed E-state index contributed by atoms with van der Waals surface area (Å²) in [6.07, 6.45) is -2.35. The van der Waals surface area contributed by atoms with Crippen molar-refractivity contribution in [1.29, 1.82) is 0 Å². The third kappa shape index (κ3) is 2.83. The van der Waals surface area contributed by atoms with Crippen LogP contribution in [0.25, 0.3) is 0 Å². The Bertz CT molecular complexity index is 397. The summed E-state index contributed by atoms with van der Waals surface area (Å²) < 4.78 is 38.4. The molecule has 0 spiro atoms. The van der Waals surface area contributed by atoms with E-state index in [9.17, 15) is 13.2 Å². The topological polar surface area (TPSA) is 12.0 Å². The minimum absolute atomic E-state index is 0.167. The summed E-state index contributed by atoms with van der Waals surface area (Å²) in [4.78, 5) is 0. The number of halogens is 4. The molecule has 1 nitrogen and oxygen atoms in total.